The topological polar surface area (TPSA) is 53.9 Å². The number of imide groups is 1. The summed E-state index contributed by atoms with van der Waals surface area (Å²) in [7, 11) is 0. The number of carbonyl (C=O) groups excluding carboxylic acids is 2. The molecule has 1 aromatic carbocycles. The maximum Gasteiger partial charge on any atom is 0.324 e. The van der Waals surface area contributed by atoms with Gasteiger partial charge in [-0.25, -0.2) is 4.79 Å². The third-order valence-corrected chi connectivity index (χ3v) is 5.21. The van der Waals surface area contributed by atoms with Gasteiger partial charge in [-0.05, 0) is 18.4 Å². The molecular formula is C19H28N3O2+. The number of amides is 3. The molecule has 3 amide bonds. The van der Waals surface area contributed by atoms with Crippen LogP contribution >= 0.6 is 0 Å². The molecule has 1 saturated heterocycles. The van der Waals surface area contributed by atoms with Crippen molar-refractivity contribution in [3.05, 3.63) is 35.4 Å². The number of urea groups is 1. The lowest BCUT2D eigenvalue weighted by atomic mass is 10.0. The monoisotopic (exact) mass is 330 g/mol. The van der Waals surface area contributed by atoms with E-state index in [1.807, 2.05) is 6.92 Å². The van der Waals surface area contributed by atoms with E-state index in [0.29, 0.717) is 25.0 Å². The lowest BCUT2D eigenvalue weighted by Gasteiger charge is -2.27. The van der Waals surface area contributed by atoms with Crippen molar-refractivity contribution in [2.75, 3.05) is 13.1 Å². The molecule has 2 fully saturated rings. The van der Waals surface area contributed by atoms with Crippen molar-refractivity contribution in [2.45, 2.75) is 58.2 Å². The quantitative estimate of drug-likeness (QED) is 0.826. The van der Waals surface area contributed by atoms with Gasteiger partial charge >= 0.3 is 6.03 Å². The van der Waals surface area contributed by atoms with Crippen LogP contribution in [0.3, 0.4) is 0 Å². The number of quaternary nitrogens is 1. The fraction of sp³-hybridized carbons (Fsp3) is 0.579. The number of rotatable bonds is 6. The van der Waals surface area contributed by atoms with Gasteiger partial charge in [0.25, 0.3) is 5.91 Å². The summed E-state index contributed by atoms with van der Waals surface area (Å²) < 4.78 is 0. The molecule has 1 aliphatic heterocycles. The van der Waals surface area contributed by atoms with Gasteiger partial charge in [0.05, 0.1) is 6.04 Å². The first-order valence-corrected chi connectivity index (χ1v) is 9.01. The molecule has 1 unspecified atom stereocenters. The van der Waals surface area contributed by atoms with Crippen molar-refractivity contribution in [1.29, 1.82) is 0 Å². The zero-order valence-corrected chi connectivity index (χ0v) is 14.8. The Hall–Kier alpha value is -1.88. The highest BCUT2D eigenvalue weighted by Gasteiger charge is 2.42. The summed E-state index contributed by atoms with van der Waals surface area (Å²) >= 11 is 0. The minimum absolute atomic E-state index is 0.0503. The van der Waals surface area contributed by atoms with E-state index in [2.05, 4.69) is 43.4 Å². The first-order chi connectivity index (χ1) is 11.5. The third-order valence-electron chi connectivity index (χ3n) is 5.21. The number of hydrogen-bond donors (Lipinski definition) is 2. The van der Waals surface area contributed by atoms with Gasteiger partial charge in [0.15, 0.2) is 6.04 Å². The second-order valence-corrected chi connectivity index (χ2v) is 7.37. The van der Waals surface area contributed by atoms with Gasteiger partial charge < -0.3 is 10.2 Å². The Labute approximate surface area is 144 Å². The summed E-state index contributed by atoms with van der Waals surface area (Å²) in [6.07, 6.45) is 2.34. The number of carbonyl (C=O) groups is 2. The summed E-state index contributed by atoms with van der Waals surface area (Å²) in [6, 6.07) is 8.83. The van der Waals surface area contributed by atoms with Crippen molar-refractivity contribution in [2.24, 2.45) is 0 Å². The molecule has 5 nitrogen and oxygen atoms in total. The van der Waals surface area contributed by atoms with Crippen LogP contribution in [-0.4, -0.2) is 42.0 Å². The van der Waals surface area contributed by atoms with Crippen molar-refractivity contribution in [1.82, 2.24) is 10.2 Å². The average Bonchev–Trinajstić information content (AvgIpc) is 3.32. The van der Waals surface area contributed by atoms with Crippen LogP contribution in [0.1, 0.15) is 50.7 Å². The standard InChI is InChI=1S/C19H27N3O2/c1-13(2)16-6-4-15(5-7-16)12-22(17-8-9-17)14(3)18(23)21-11-10-20-19(21)24/h4-7,13-14,17H,8-12H2,1-3H3,(H,20,24)/p+1/t14-/m0/s1. The van der Waals surface area contributed by atoms with Crippen LogP contribution in [-0.2, 0) is 11.3 Å². The Bertz CT molecular complexity index is 608. The van der Waals surface area contributed by atoms with Crippen LogP contribution in [0.5, 0.6) is 0 Å². The lowest BCUT2D eigenvalue weighted by Crippen LogP contribution is -3.16. The van der Waals surface area contributed by atoms with E-state index in [1.165, 1.54) is 33.8 Å². The minimum atomic E-state index is -0.247. The van der Waals surface area contributed by atoms with E-state index < -0.39 is 0 Å². The van der Waals surface area contributed by atoms with Crippen molar-refractivity contribution in [3.8, 4) is 0 Å². The van der Waals surface area contributed by atoms with Gasteiger partial charge in [0, 0.05) is 31.5 Å². The molecule has 2 atom stereocenters. The first-order valence-electron chi connectivity index (χ1n) is 9.01. The molecule has 0 radical (unpaired) electrons. The molecule has 0 bridgehead atoms. The van der Waals surface area contributed by atoms with Crippen molar-refractivity contribution < 1.29 is 14.5 Å². The zero-order valence-electron chi connectivity index (χ0n) is 14.8. The van der Waals surface area contributed by atoms with Crippen LogP contribution in [0.2, 0.25) is 0 Å². The van der Waals surface area contributed by atoms with Crippen LogP contribution < -0.4 is 10.2 Å². The Morgan fingerprint density at radius 1 is 1.25 bits per heavy atom. The van der Waals surface area contributed by atoms with Gasteiger partial charge in [-0.1, -0.05) is 38.1 Å². The highest BCUT2D eigenvalue weighted by atomic mass is 16.2. The Morgan fingerprint density at radius 3 is 2.42 bits per heavy atom. The van der Waals surface area contributed by atoms with Crippen molar-refractivity contribution >= 4 is 11.9 Å². The van der Waals surface area contributed by atoms with Gasteiger partial charge in [0.2, 0.25) is 0 Å². The molecule has 2 N–H and O–H groups in total. The molecular weight excluding hydrogens is 302 g/mol. The maximum atomic E-state index is 12.7. The molecule has 3 rings (SSSR count). The molecule has 1 saturated carbocycles. The van der Waals surface area contributed by atoms with E-state index in [4.69, 9.17) is 0 Å². The van der Waals surface area contributed by atoms with Crippen LogP contribution in [0, 0.1) is 0 Å². The smallest absolute Gasteiger partial charge is 0.324 e. The summed E-state index contributed by atoms with van der Waals surface area (Å²) in [6.45, 7) is 8.24. The van der Waals surface area contributed by atoms with Crippen LogP contribution in [0.4, 0.5) is 4.79 Å². The molecule has 24 heavy (non-hydrogen) atoms. The molecule has 1 heterocycles. The maximum absolute atomic E-state index is 12.7. The summed E-state index contributed by atoms with van der Waals surface area (Å²) in [5.74, 6) is 0.478. The van der Waals surface area contributed by atoms with E-state index in [9.17, 15) is 9.59 Å². The van der Waals surface area contributed by atoms with Crippen molar-refractivity contribution in [3.63, 3.8) is 0 Å². The molecule has 1 aliphatic carbocycles. The number of benzene rings is 1. The largest absolute Gasteiger partial charge is 0.336 e. The number of nitrogens with zero attached hydrogens (tertiary/aromatic N) is 1. The van der Waals surface area contributed by atoms with Gasteiger partial charge in [0.1, 0.15) is 6.54 Å². The van der Waals surface area contributed by atoms with E-state index in [1.54, 1.807) is 0 Å². The fourth-order valence-corrected chi connectivity index (χ4v) is 3.44. The predicted molar refractivity (Wildman–Crippen MR) is 92.8 cm³/mol. The molecule has 0 spiro atoms. The van der Waals surface area contributed by atoms with Gasteiger partial charge in [-0.15, -0.1) is 0 Å². The first kappa shape index (κ1) is 17.0. The summed E-state index contributed by atoms with van der Waals surface area (Å²) in [5, 5.41) is 2.71. The number of nitrogens with one attached hydrogen (secondary N) is 2. The minimum Gasteiger partial charge on any atom is -0.336 e. The molecule has 1 aromatic rings. The SMILES string of the molecule is CC(C)c1ccc(C[NH+](C2CC2)[C@@H](C)C(=O)N2CCNC2=O)cc1. The molecule has 0 aromatic heterocycles. The Morgan fingerprint density at radius 2 is 1.92 bits per heavy atom. The summed E-state index contributed by atoms with van der Waals surface area (Å²) in [5.41, 5.74) is 2.59. The highest BCUT2D eigenvalue weighted by Crippen LogP contribution is 2.18. The van der Waals surface area contributed by atoms with Gasteiger partial charge in [-0.3, -0.25) is 9.69 Å². The average molecular weight is 330 g/mol. The number of hydrogen-bond acceptors (Lipinski definition) is 2. The second-order valence-electron chi connectivity index (χ2n) is 7.37. The lowest BCUT2D eigenvalue weighted by molar-refractivity contribution is -0.938. The van der Waals surface area contributed by atoms with Crippen LogP contribution in [0.25, 0.3) is 0 Å². The fourth-order valence-electron chi connectivity index (χ4n) is 3.44. The zero-order chi connectivity index (χ0) is 17.3. The normalized spacial score (nSPS) is 20.2. The molecule has 5 heteroatoms. The van der Waals surface area contributed by atoms with E-state index >= 15 is 0 Å². The van der Waals surface area contributed by atoms with Crippen LogP contribution in [0.15, 0.2) is 24.3 Å². The molecule has 130 valence electrons. The van der Waals surface area contributed by atoms with E-state index in [0.717, 1.165) is 6.54 Å². The Balaban J connectivity index is 1.70. The second kappa shape index (κ2) is 6.93. The highest BCUT2D eigenvalue weighted by molar-refractivity contribution is 5.97. The predicted octanol–water partition coefficient (Wildman–Crippen LogP) is 1.30. The summed E-state index contributed by atoms with van der Waals surface area (Å²) in [4.78, 5) is 27.1. The Kier molecular flexibility index (Phi) is 4.90. The van der Waals surface area contributed by atoms with E-state index in [-0.39, 0.29) is 18.0 Å². The van der Waals surface area contributed by atoms with Gasteiger partial charge in [-0.2, -0.15) is 0 Å². The third kappa shape index (κ3) is 3.61. The molecule has 2 aliphatic rings.